The zero-order valence-corrected chi connectivity index (χ0v) is 22.0. The molecule has 0 aromatic carbocycles. The second-order valence-corrected chi connectivity index (χ2v) is 10.3. The van der Waals surface area contributed by atoms with Gasteiger partial charge in [-0.25, -0.2) is 0 Å². The van der Waals surface area contributed by atoms with Crippen molar-refractivity contribution in [2.45, 2.75) is 89.0 Å². The first-order valence-corrected chi connectivity index (χ1v) is 12.9. The number of hydrogen-bond donors (Lipinski definition) is 8. The number of rotatable bonds is 7. The minimum atomic E-state index is -1.67. The molecule has 0 spiro atoms. The Morgan fingerprint density at radius 2 is 1.26 bits per heavy atom. The van der Waals surface area contributed by atoms with Gasteiger partial charge in [-0.15, -0.1) is 0 Å². The van der Waals surface area contributed by atoms with Gasteiger partial charge in [0, 0.05) is 6.04 Å². The van der Waals surface area contributed by atoms with E-state index >= 15 is 0 Å². The van der Waals surface area contributed by atoms with Crippen molar-refractivity contribution in [1.29, 1.82) is 0 Å². The van der Waals surface area contributed by atoms with E-state index in [9.17, 15) is 43.8 Å². The van der Waals surface area contributed by atoms with Crippen molar-refractivity contribution in [3.8, 4) is 0 Å². The van der Waals surface area contributed by atoms with Crippen molar-refractivity contribution in [2.75, 3.05) is 6.61 Å². The highest BCUT2D eigenvalue weighted by molar-refractivity contribution is 5.98. The molecule has 6 atom stereocenters. The molecule has 39 heavy (non-hydrogen) atoms. The van der Waals surface area contributed by atoms with E-state index in [1.165, 1.54) is 0 Å². The van der Waals surface area contributed by atoms with E-state index in [-0.39, 0.29) is 12.3 Å². The first-order valence-electron chi connectivity index (χ1n) is 12.9. The molecule has 2 rings (SSSR count). The number of aliphatic carboxylic acids is 1. The van der Waals surface area contributed by atoms with Crippen molar-refractivity contribution in [3.05, 3.63) is 0 Å². The van der Waals surface area contributed by atoms with Crippen molar-refractivity contribution in [3.63, 3.8) is 0 Å². The summed E-state index contributed by atoms with van der Waals surface area (Å²) >= 11 is 0. The molecule has 6 amide bonds. The minimum absolute atomic E-state index is 0.0748. The SMILES string of the molecule is CC(C)C[C@@H]1NC(=O)[C@@H]2CCCC[C@@H]2NC(=O)C(CO)NC(=O)[C@H](CC(N)=O)NC(=O)[C@H](CC(=O)O)NC1=O. The van der Waals surface area contributed by atoms with Crippen LogP contribution in [-0.2, 0) is 33.6 Å². The molecule has 15 nitrogen and oxygen atoms in total. The molecular formula is C24H38N6O9. The molecule has 1 heterocycles. The summed E-state index contributed by atoms with van der Waals surface area (Å²) in [6.07, 6.45) is 0.860. The molecule has 1 aliphatic heterocycles. The highest BCUT2D eigenvalue weighted by Crippen LogP contribution is 2.25. The predicted octanol–water partition coefficient (Wildman–Crippen LogP) is -3.00. The third-order valence-corrected chi connectivity index (χ3v) is 6.64. The van der Waals surface area contributed by atoms with E-state index in [2.05, 4.69) is 26.6 Å². The Kier molecular flexibility index (Phi) is 11.6. The van der Waals surface area contributed by atoms with Crippen LogP contribution in [-0.4, -0.2) is 88.4 Å². The van der Waals surface area contributed by atoms with E-state index in [1.807, 2.05) is 13.8 Å². The average Bonchev–Trinajstić information content (AvgIpc) is 2.84. The number of primary amides is 1. The molecular weight excluding hydrogens is 516 g/mol. The molecule has 1 unspecified atom stereocenters. The van der Waals surface area contributed by atoms with Crippen LogP contribution in [0.15, 0.2) is 0 Å². The fourth-order valence-electron chi connectivity index (χ4n) is 4.69. The van der Waals surface area contributed by atoms with Crippen LogP contribution in [0.3, 0.4) is 0 Å². The second-order valence-electron chi connectivity index (χ2n) is 10.3. The molecule has 1 saturated heterocycles. The molecule has 0 radical (unpaired) electrons. The predicted molar refractivity (Wildman–Crippen MR) is 134 cm³/mol. The number of aliphatic hydroxyl groups is 1. The molecule has 15 heteroatoms. The normalized spacial score (nSPS) is 29.3. The fraction of sp³-hybridized carbons (Fsp3) is 0.708. The number of fused-ring (bicyclic) bond motifs is 1. The first kappa shape index (κ1) is 31.5. The van der Waals surface area contributed by atoms with Crippen molar-refractivity contribution < 1.29 is 43.8 Å². The monoisotopic (exact) mass is 554 g/mol. The Balaban J connectivity index is 2.50. The van der Waals surface area contributed by atoms with Gasteiger partial charge in [-0.05, 0) is 25.2 Å². The number of amides is 6. The standard InChI is InChI=1S/C24H38N6O9/c1-11(2)7-14-21(36)29-16(9-19(33)34)23(38)28-15(8-18(25)32)22(37)30-17(10-31)24(39)26-13-6-4-3-5-12(13)20(35)27-14/h11-17,31H,3-10H2,1-2H3,(H2,25,32)(H,26,39)(H,27,35)(H,28,38)(H,29,36)(H,30,37)(H,33,34)/t12-,13+,14+,15+,16+,17?/m1/s1. The third kappa shape index (κ3) is 9.50. The van der Waals surface area contributed by atoms with Crippen LogP contribution < -0.4 is 32.3 Å². The van der Waals surface area contributed by atoms with Gasteiger partial charge >= 0.3 is 5.97 Å². The lowest BCUT2D eigenvalue weighted by Gasteiger charge is -2.34. The number of nitrogens with two attached hydrogens (primary N) is 1. The number of nitrogens with one attached hydrogen (secondary N) is 5. The minimum Gasteiger partial charge on any atom is -0.481 e. The fourth-order valence-corrected chi connectivity index (χ4v) is 4.69. The first-order chi connectivity index (χ1) is 18.3. The van der Waals surface area contributed by atoms with Crippen LogP contribution in [0, 0.1) is 11.8 Å². The quantitative estimate of drug-likeness (QED) is 0.159. The summed E-state index contributed by atoms with van der Waals surface area (Å²) in [5.41, 5.74) is 5.21. The third-order valence-electron chi connectivity index (χ3n) is 6.64. The smallest absolute Gasteiger partial charge is 0.305 e. The molecule has 2 fully saturated rings. The molecule has 1 saturated carbocycles. The Morgan fingerprint density at radius 3 is 1.79 bits per heavy atom. The summed E-state index contributed by atoms with van der Waals surface area (Å²) in [6.45, 7) is 2.80. The number of hydrogen-bond acceptors (Lipinski definition) is 8. The maximum atomic E-state index is 13.3. The molecule has 0 aromatic rings. The van der Waals surface area contributed by atoms with Gasteiger partial charge in [-0.1, -0.05) is 26.7 Å². The number of carboxylic acid groups (broad SMARTS) is 1. The van der Waals surface area contributed by atoms with E-state index in [4.69, 9.17) is 5.73 Å². The Labute approximate surface area is 225 Å². The average molecular weight is 555 g/mol. The summed E-state index contributed by atoms with van der Waals surface area (Å²) in [7, 11) is 0. The number of carboxylic acids is 1. The molecule has 0 bridgehead atoms. The Bertz CT molecular complexity index is 972. The van der Waals surface area contributed by atoms with Gasteiger partial charge in [0.25, 0.3) is 0 Å². The molecule has 9 N–H and O–H groups in total. The van der Waals surface area contributed by atoms with Gasteiger partial charge in [0.2, 0.25) is 35.4 Å². The Morgan fingerprint density at radius 1 is 0.769 bits per heavy atom. The van der Waals surface area contributed by atoms with Crippen LogP contribution in [0.1, 0.15) is 58.8 Å². The van der Waals surface area contributed by atoms with Gasteiger partial charge in [0.05, 0.1) is 25.4 Å². The van der Waals surface area contributed by atoms with Gasteiger partial charge in [0.1, 0.15) is 24.2 Å². The summed E-state index contributed by atoms with van der Waals surface area (Å²) < 4.78 is 0. The molecule has 1 aliphatic carbocycles. The summed E-state index contributed by atoms with van der Waals surface area (Å²) in [4.78, 5) is 88.4. The number of carbonyl (C=O) groups excluding carboxylic acids is 6. The van der Waals surface area contributed by atoms with Crippen LogP contribution in [0.4, 0.5) is 0 Å². The molecule has 2 aliphatic rings. The highest BCUT2D eigenvalue weighted by atomic mass is 16.4. The number of aliphatic hydroxyl groups excluding tert-OH is 1. The Hall–Kier alpha value is -3.75. The topological polar surface area (TPSA) is 246 Å². The van der Waals surface area contributed by atoms with Crippen molar-refractivity contribution >= 4 is 41.4 Å². The summed E-state index contributed by atoms with van der Waals surface area (Å²) in [5.74, 6) is -7.46. The van der Waals surface area contributed by atoms with E-state index in [0.717, 1.165) is 0 Å². The molecule has 0 aromatic heterocycles. The van der Waals surface area contributed by atoms with E-state index < -0.39 is 97.0 Å². The van der Waals surface area contributed by atoms with Crippen LogP contribution in [0.5, 0.6) is 0 Å². The lowest BCUT2D eigenvalue weighted by Crippen LogP contribution is -2.62. The maximum absolute atomic E-state index is 13.3. The maximum Gasteiger partial charge on any atom is 0.305 e. The highest BCUT2D eigenvalue weighted by Gasteiger charge is 2.38. The van der Waals surface area contributed by atoms with Gasteiger partial charge in [0.15, 0.2) is 0 Å². The van der Waals surface area contributed by atoms with E-state index in [0.29, 0.717) is 25.7 Å². The van der Waals surface area contributed by atoms with Gasteiger partial charge < -0.3 is 42.5 Å². The van der Waals surface area contributed by atoms with Crippen LogP contribution >= 0.6 is 0 Å². The summed E-state index contributed by atoms with van der Waals surface area (Å²) in [5, 5.41) is 31.3. The second kappa shape index (κ2) is 14.4. The zero-order valence-electron chi connectivity index (χ0n) is 22.0. The zero-order chi connectivity index (χ0) is 29.3. The van der Waals surface area contributed by atoms with Crippen LogP contribution in [0.2, 0.25) is 0 Å². The lowest BCUT2D eigenvalue weighted by atomic mass is 9.83. The molecule has 218 valence electrons. The van der Waals surface area contributed by atoms with Gasteiger partial charge in [-0.3, -0.25) is 33.6 Å². The van der Waals surface area contributed by atoms with Crippen molar-refractivity contribution in [1.82, 2.24) is 26.6 Å². The van der Waals surface area contributed by atoms with Crippen molar-refractivity contribution in [2.24, 2.45) is 17.6 Å². The van der Waals surface area contributed by atoms with E-state index in [1.54, 1.807) is 0 Å². The van der Waals surface area contributed by atoms with Crippen LogP contribution in [0.25, 0.3) is 0 Å². The lowest BCUT2D eigenvalue weighted by molar-refractivity contribution is -0.142. The largest absolute Gasteiger partial charge is 0.481 e. The summed E-state index contributed by atoms with van der Waals surface area (Å²) in [6, 6.07) is -6.55. The number of carbonyl (C=O) groups is 7. The van der Waals surface area contributed by atoms with Gasteiger partial charge in [-0.2, -0.15) is 0 Å².